The number of anilines is 1. The minimum Gasteiger partial charge on any atom is -0.347 e. The maximum absolute atomic E-state index is 13.5. The number of carbonyl (C=O) groups excluding carboxylic acids is 1. The Hall–Kier alpha value is -5.35. The highest BCUT2D eigenvalue weighted by atomic mass is 19.1. The van der Waals surface area contributed by atoms with Gasteiger partial charge in [0.15, 0.2) is 0 Å². The standard InChI is InChI=1S/C26H22FN11O/c1-35-12-19(11-31-35)17-5-21(25-18(7-28)10-32-37(25)13-17)22-6-23(34-33-22)26(39)30-9-16-3-4-24(29-8-16)38-15-20(27)14-36(38)2/h3-6,8,10-13,15H,9,14H2,1-2H3,(H,30,39)(H,33,34). The number of nitriles is 1. The highest BCUT2D eigenvalue weighted by Gasteiger charge is 2.21. The van der Waals surface area contributed by atoms with Gasteiger partial charge in [0.25, 0.3) is 5.91 Å². The van der Waals surface area contributed by atoms with Crippen LogP contribution in [0.15, 0.2) is 67.3 Å². The van der Waals surface area contributed by atoms with E-state index in [9.17, 15) is 14.4 Å². The van der Waals surface area contributed by atoms with Crippen molar-refractivity contribution in [3.8, 4) is 28.5 Å². The summed E-state index contributed by atoms with van der Waals surface area (Å²) in [6.07, 6.45) is 9.97. The molecule has 0 unspecified atom stereocenters. The van der Waals surface area contributed by atoms with Crippen molar-refractivity contribution in [2.75, 3.05) is 18.6 Å². The fraction of sp³-hybridized carbons (Fsp3) is 0.154. The van der Waals surface area contributed by atoms with Crippen molar-refractivity contribution >= 4 is 17.2 Å². The van der Waals surface area contributed by atoms with Gasteiger partial charge in [-0.05, 0) is 23.8 Å². The van der Waals surface area contributed by atoms with Gasteiger partial charge in [-0.3, -0.25) is 19.6 Å². The molecule has 5 aromatic heterocycles. The normalized spacial score (nSPS) is 13.6. The summed E-state index contributed by atoms with van der Waals surface area (Å²) in [6, 6.07) is 9.29. The second-order valence-electron chi connectivity index (χ2n) is 9.12. The largest absolute Gasteiger partial charge is 0.347 e. The summed E-state index contributed by atoms with van der Waals surface area (Å²) >= 11 is 0. The summed E-state index contributed by atoms with van der Waals surface area (Å²) in [5.41, 5.74) is 4.88. The van der Waals surface area contributed by atoms with E-state index in [2.05, 4.69) is 36.8 Å². The zero-order valence-electron chi connectivity index (χ0n) is 21.0. The number of aryl methyl sites for hydroxylation is 1. The molecule has 12 nitrogen and oxygen atoms in total. The molecule has 1 aliphatic rings. The molecular formula is C26H22FN11O. The number of nitrogens with one attached hydrogen (secondary N) is 2. The van der Waals surface area contributed by atoms with Crippen LogP contribution in [0.5, 0.6) is 0 Å². The maximum atomic E-state index is 13.5. The second kappa shape index (κ2) is 9.51. The van der Waals surface area contributed by atoms with Crippen LogP contribution in [-0.2, 0) is 13.6 Å². The number of pyridine rings is 2. The Kier molecular flexibility index (Phi) is 5.85. The Bertz CT molecular complexity index is 1770. The smallest absolute Gasteiger partial charge is 0.269 e. The number of carbonyl (C=O) groups is 1. The number of hydrogen-bond donors (Lipinski definition) is 2. The quantitative estimate of drug-likeness (QED) is 0.347. The number of likely N-dealkylation sites (N-methyl/N-ethyl adjacent to an activating group) is 1. The summed E-state index contributed by atoms with van der Waals surface area (Å²) in [4.78, 5) is 17.3. The first-order valence-electron chi connectivity index (χ1n) is 12.0. The zero-order valence-corrected chi connectivity index (χ0v) is 21.0. The molecule has 6 heterocycles. The summed E-state index contributed by atoms with van der Waals surface area (Å²) in [5.74, 6) is -0.0124. The van der Waals surface area contributed by atoms with Gasteiger partial charge >= 0.3 is 0 Å². The van der Waals surface area contributed by atoms with Crippen LogP contribution in [0.4, 0.5) is 10.2 Å². The molecule has 0 radical (unpaired) electrons. The van der Waals surface area contributed by atoms with Crippen LogP contribution in [0.3, 0.4) is 0 Å². The van der Waals surface area contributed by atoms with Crippen LogP contribution in [-0.4, -0.2) is 59.1 Å². The lowest BCUT2D eigenvalue weighted by Gasteiger charge is -2.23. The van der Waals surface area contributed by atoms with E-state index in [1.807, 2.05) is 31.6 Å². The van der Waals surface area contributed by atoms with Gasteiger partial charge in [-0.2, -0.15) is 20.6 Å². The number of fused-ring (bicyclic) bond motifs is 1. The molecule has 39 heavy (non-hydrogen) atoms. The number of hydrazine groups is 1. The van der Waals surface area contributed by atoms with Crippen molar-refractivity contribution in [2.24, 2.45) is 7.05 Å². The van der Waals surface area contributed by atoms with Crippen LogP contribution in [0.2, 0.25) is 0 Å². The average molecular weight is 524 g/mol. The fourth-order valence-corrected chi connectivity index (χ4v) is 4.44. The minimum atomic E-state index is -0.351. The molecule has 0 spiro atoms. The number of amides is 1. The number of hydrogen-bond acceptors (Lipinski definition) is 8. The third kappa shape index (κ3) is 4.49. The molecule has 2 N–H and O–H groups in total. The molecule has 1 amide bonds. The lowest BCUT2D eigenvalue weighted by molar-refractivity contribution is 0.0946. The van der Waals surface area contributed by atoms with E-state index in [0.29, 0.717) is 28.2 Å². The Balaban J connectivity index is 1.22. The van der Waals surface area contributed by atoms with Gasteiger partial charge in [0.2, 0.25) is 0 Å². The molecule has 0 saturated heterocycles. The van der Waals surface area contributed by atoms with Gasteiger partial charge in [-0.25, -0.2) is 18.9 Å². The number of aromatic nitrogens is 7. The average Bonchev–Trinajstić information content (AvgIpc) is 3.73. The van der Waals surface area contributed by atoms with Gasteiger partial charge in [0, 0.05) is 55.9 Å². The molecule has 6 rings (SSSR count). The third-order valence-corrected chi connectivity index (χ3v) is 6.38. The van der Waals surface area contributed by atoms with E-state index in [1.54, 1.807) is 50.8 Å². The van der Waals surface area contributed by atoms with Gasteiger partial charge in [0.1, 0.15) is 23.4 Å². The van der Waals surface area contributed by atoms with Gasteiger partial charge in [-0.15, -0.1) is 0 Å². The minimum absolute atomic E-state index is 0.198. The van der Waals surface area contributed by atoms with Gasteiger partial charge < -0.3 is 5.32 Å². The number of aromatic amines is 1. The molecular weight excluding hydrogens is 501 g/mol. The second-order valence-corrected chi connectivity index (χ2v) is 9.12. The molecule has 5 aromatic rings. The molecule has 0 fully saturated rings. The number of H-pyrrole nitrogens is 1. The molecule has 0 atom stereocenters. The Morgan fingerprint density at radius 3 is 2.72 bits per heavy atom. The van der Waals surface area contributed by atoms with Crippen molar-refractivity contribution < 1.29 is 9.18 Å². The first-order valence-corrected chi connectivity index (χ1v) is 12.0. The van der Waals surface area contributed by atoms with E-state index in [4.69, 9.17) is 0 Å². The van der Waals surface area contributed by atoms with Crippen LogP contribution < -0.4 is 10.3 Å². The Labute approximate surface area is 221 Å². The summed E-state index contributed by atoms with van der Waals surface area (Å²) in [7, 11) is 3.60. The predicted octanol–water partition coefficient (Wildman–Crippen LogP) is 2.80. The summed E-state index contributed by atoms with van der Waals surface area (Å²) < 4.78 is 16.9. The van der Waals surface area contributed by atoms with Crippen LogP contribution >= 0.6 is 0 Å². The first kappa shape index (κ1) is 24.0. The van der Waals surface area contributed by atoms with E-state index < -0.39 is 0 Å². The zero-order chi connectivity index (χ0) is 27.1. The number of halogens is 1. The van der Waals surface area contributed by atoms with Crippen LogP contribution in [0.1, 0.15) is 21.6 Å². The third-order valence-electron chi connectivity index (χ3n) is 6.38. The number of nitrogens with zero attached hydrogens (tertiary/aromatic N) is 9. The lowest BCUT2D eigenvalue weighted by atomic mass is 10.0. The molecule has 1 aliphatic heterocycles. The highest BCUT2D eigenvalue weighted by Crippen LogP contribution is 2.31. The highest BCUT2D eigenvalue weighted by molar-refractivity contribution is 5.94. The molecule has 0 saturated carbocycles. The monoisotopic (exact) mass is 523 g/mol. The van der Waals surface area contributed by atoms with E-state index in [1.165, 1.54) is 12.4 Å². The van der Waals surface area contributed by atoms with Crippen molar-refractivity contribution in [1.29, 1.82) is 5.26 Å². The molecule has 0 bridgehead atoms. The molecule has 194 valence electrons. The summed E-state index contributed by atoms with van der Waals surface area (Å²) in [6.45, 7) is 0.437. The summed E-state index contributed by atoms with van der Waals surface area (Å²) in [5, 5.41) is 31.5. The van der Waals surface area contributed by atoms with Crippen molar-refractivity contribution in [1.82, 2.24) is 44.9 Å². The Morgan fingerprint density at radius 1 is 1.15 bits per heavy atom. The number of rotatable bonds is 6. The first-order chi connectivity index (χ1) is 18.9. The maximum Gasteiger partial charge on any atom is 0.269 e. The van der Waals surface area contributed by atoms with Crippen molar-refractivity contribution in [2.45, 2.75) is 6.54 Å². The molecule has 13 heteroatoms. The Morgan fingerprint density at radius 2 is 2.03 bits per heavy atom. The molecule has 0 aliphatic carbocycles. The van der Waals surface area contributed by atoms with E-state index >= 15 is 0 Å². The van der Waals surface area contributed by atoms with Crippen LogP contribution in [0.25, 0.3) is 27.9 Å². The van der Waals surface area contributed by atoms with E-state index in [0.717, 1.165) is 16.7 Å². The van der Waals surface area contributed by atoms with Crippen molar-refractivity contribution in [3.63, 3.8) is 0 Å². The molecule has 0 aromatic carbocycles. The fourth-order valence-electron chi connectivity index (χ4n) is 4.44. The van der Waals surface area contributed by atoms with Gasteiger partial charge in [-0.1, -0.05) is 6.07 Å². The topological polar surface area (TPSA) is 136 Å². The lowest BCUT2D eigenvalue weighted by Crippen LogP contribution is -2.32. The van der Waals surface area contributed by atoms with Crippen molar-refractivity contribution in [3.05, 3.63) is 84.1 Å². The van der Waals surface area contributed by atoms with E-state index in [-0.39, 0.29) is 30.5 Å². The predicted molar refractivity (Wildman–Crippen MR) is 139 cm³/mol. The van der Waals surface area contributed by atoms with Gasteiger partial charge in [0.05, 0.1) is 41.9 Å². The van der Waals surface area contributed by atoms with Crippen LogP contribution in [0, 0.1) is 11.3 Å². The SMILES string of the molecule is CN1CC(F)=CN1c1ccc(CNC(=O)c2cc(-c3cc(-c4cnn(C)c4)cn4ncc(C#N)c34)n[nH]2)cn1.